The van der Waals surface area contributed by atoms with E-state index in [1.165, 1.54) is 0 Å². The zero-order chi connectivity index (χ0) is 14.3. The molecule has 0 aliphatic rings. The standard InChI is InChI=1S/C15H21NO3/c1-15(2,3)19-14(18)16-13(11-17)10-9-12-7-5-4-6-8-12/h4-10,13,17H,11H2,1-3H3,(H,16,18)/b10-9+/t13-/m1/s1. The first-order valence-corrected chi connectivity index (χ1v) is 6.24. The van der Waals surface area contributed by atoms with Crippen molar-refractivity contribution in [2.75, 3.05) is 6.61 Å². The van der Waals surface area contributed by atoms with Crippen LogP contribution in [0, 0.1) is 0 Å². The number of alkyl carbamates (subject to hydrolysis) is 1. The molecule has 0 heterocycles. The van der Waals surface area contributed by atoms with E-state index in [0.717, 1.165) is 5.56 Å². The van der Waals surface area contributed by atoms with E-state index in [-0.39, 0.29) is 6.61 Å². The molecule has 0 aromatic heterocycles. The summed E-state index contributed by atoms with van der Waals surface area (Å²) in [4.78, 5) is 11.6. The van der Waals surface area contributed by atoms with Crippen molar-refractivity contribution in [1.29, 1.82) is 0 Å². The van der Waals surface area contributed by atoms with E-state index in [9.17, 15) is 9.90 Å². The molecule has 0 radical (unpaired) electrons. The lowest BCUT2D eigenvalue weighted by Crippen LogP contribution is -2.39. The topological polar surface area (TPSA) is 58.6 Å². The van der Waals surface area contributed by atoms with Crippen LogP contribution >= 0.6 is 0 Å². The number of aliphatic hydroxyl groups excluding tert-OH is 1. The van der Waals surface area contributed by atoms with Crippen LogP contribution in [-0.4, -0.2) is 29.4 Å². The molecular weight excluding hydrogens is 242 g/mol. The van der Waals surface area contributed by atoms with Crippen LogP contribution in [0.4, 0.5) is 4.79 Å². The second-order valence-corrected chi connectivity index (χ2v) is 5.21. The summed E-state index contributed by atoms with van der Waals surface area (Å²) in [6, 6.07) is 9.20. The van der Waals surface area contributed by atoms with Crippen molar-refractivity contribution in [3.05, 3.63) is 42.0 Å². The Balaban J connectivity index is 2.55. The summed E-state index contributed by atoms with van der Waals surface area (Å²) >= 11 is 0. The molecule has 0 bridgehead atoms. The Hall–Kier alpha value is -1.81. The summed E-state index contributed by atoms with van der Waals surface area (Å²) in [6.07, 6.45) is 3.04. The first-order chi connectivity index (χ1) is 8.90. The lowest BCUT2D eigenvalue weighted by molar-refractivity contribution is 0.0498. The largest absolute Gasteiger partial charge is 0.444 e. The zero-order valence-corrected chi connectivity index (χ0v) is 11.6. The molecule has 1 amide bonds. The Bertz CT molecular complexity index is 421. The summed E-state index contributed by atoms with van der Waals surface area (Å²) in [6.45, 7) is 5.20. The van der Waals surface area contributed by atoms with Gasteiger partial charge in [0.25, 0.3) is 0 Å². The summed E-state index contributed by atoms with van der Waals surface area (Å²) in [5.41, 5.74) is 0.458. The minimum atomic E-state index is -0.548. The molecule has 1 aromatic carbocycles. The Kier molecular flexibility index (Phi) is 5.57. The molecular formula is C15H21NO3. The van der Waals surface area contributed by atoms with Crippen molar-refractivity contribution in [3.63, 3.8) is 0 Å². The molecule has 4 nitrogen and oxygen atoms in total. The van der Waals surface area contributed by atoms with Gasteiger partial charge >= 0.3 is 6.09 Å². The van der Waals surface area contributed by atoms with Gasteiger partial charge in [-0.05, 0) is 26.3 Å². The second kappa shape index (κ2) is 6.95. The molecule has 1 atom stereocenters. The van der Waals surface area contributed by atoms with Crippen molar-refractivity contribution in [1.82, 2.24) is 5.32 Å². The Morgan fingerprint density at radius 2 is 2.00 bits per heavy atom. The normalized spacial score (nSPS) is 13.3. The second-order valence-electron chi connectivity index (χ2n) is 5.21. The van der Waals surface area contributed by atoms with Crippen LogP contribution in [0.3, 0.4) is 0 Å². The third kappa shape index (κ3) is 6.62. The van der Waals surface area contributed by atoms with Crippen molar-refractivity contribution in [2.24, 2.45) is 0 Å². The van der Waals surface area contributed by atoms with Crippen LogP contribution in [0.2, 0.25) is 0 Å². The van der Waals surface area contributed by atoms with E-state index in [0.29, 0.717) is 0 Å². The van der Waals surface area contributed by atoms with E-state index in [1.807, 2.05) is 36.4 Å². The van der Waals surface area contributed by atoms with Crippen LogP contribution in [0.25, 0.3) is 6.08 Å². The molecule has 1 rings (SSSR count). The highest BCUT2D eigenvalue weighted by atomic mass is 16.6. The summed E-state index contributed by atoms with van der Waals surface area (Å²) in [5.74, 6) is 0. The number of benzene rings is 1. The minimum absolute atomic E-state index is 0.178. The van der Waals surface area contributed by atoms with Gasteiger partial charge in [0, 0.05) is 0 Å². The summed E-state index contributed by atoms with van der Waals surface area (Å²) < 4.78 is 5.13. The smallest absolute Gasteiger partial charge is 0.408 e. The molecule has 4 heteroatoms. The average molecular weight is 263 g/mol. The molecule has 2 N–H and O–H groups in total. The molecule has 0 aliphatic carbocycles. The number of carbonyl (C=O) groups excluding carboxylic acids is 1. The fourth-order valence-electron chi connectivity index (χ4n) is 1.40. The molecule has 0 aliphatic heterocycles. The van der Waals surface area contributed by atoms with Gasteiger partial charge in [-0.2, -0.15) is 0 Å². The zero-order valence-electron chi connectivity index (χ0n) is 11.6. The molecule has 104 valence electrons. The number of amides is 1. The van der Waals surface area contributed by atoms with Crippen molar-refractivity contribution in [3.8, 4) is 0 Å². The van der Waals surface area contributed by atoms with Crippen molar-refractivity contribution < 1.29 is 14.6 Å². The number of nitrogens with one attached hydrogen (secondary N) is 1. The number of carbonyl (C=O) groups is 1. The molecule has 0 saturated carbocycles. The molecule has 0 saturated heterocycles. The van der Waals surface area contributed by atoms with Gasteiger partial charge < -0.3 is 15.2 Å². The van der Waals surface area contributed by atoms with E-state index in [4.69, 9.17) is 4.74 Å². The molecule has 1 aromatic rings. The highest BCUT2D eigenvalue weighted by molar-refractivity contribution is 5.68. The van der Waals surface area contributed by atoms with Gasteiger partial charge in [0.05, 0.1) is 12.6 Å². The SMILES string of the molecule is CC(C)(C)OC(=O)N[C@H](/C=C/c1ccccc1)CO. The summed E-state index contributed by atoms with van der Waals surface area (Å²) in [5, 5.41) is 11.8. The molecule has 0 spiro atoms. The quantitative estimate of drug-likeness (QED) is 0.877. The van der Waals surface area contributed by atoms with Gasteiger partial charge in [0.15, 0.2) is 0 Å². The van der Waals surface area contributed by atoms with Gasteiger partial charge in [-0.25, -0.2) is 4.79 Å². The number of hydrogen-bond donors (Lipinski definition) is 2. The fraction of sp³-hybridized carbons (Fsp3) is 0.400. The number of rotatable bonds is 4. The van der Waals surface area contributed by atoms with Crippen LogP contribution in [0.1, 0.15) is 26.3 Å². The van der Waals surface area contributed by atoms with Crippen LogP contribution in [-0.2, 0) is 4.74 Å². The first-order valence-electron chi connectivity index (χ1n) is 6.24. The number of ether oxygens (including phenoxy) is 1. The van der Waals surface area contributed by atoms with Gasteiger partial charge in [-0.3, -0.25) is 0 Å². The highest BCUT2D eigenvalue weighted by Crippen LogP contribution is 2.07. The van der Waals surface area contributed by atoms with Crippen LogP contribution in [0.15, 0.2) is 36.4 Å². The lowest BCUT2D eigenvalue weighted by atomic mass is 10.2. The van der Waals surface area contributed by atoms with E-state index >= 15 is 0 Å². The van der Waals surface area contributed by atoms with Gasteiger partial charge in [-0.15, -0.1) is 0 Å². The van der Waals surface area contributed by atoms with E-state index in [1.54, 1.807) is 26.8 Å². The Morgan fingerprint density at radius 1 is 1.37 bits per heavy atom. The molecule has 19 heavy (non-hydrogen) atoms. The first kappa shape index (κ1) is 15.2. The monoisotopic (exact) mass is 263 g/mol. The predicted octanol–water partition coefficient (Wildman–Crippen LogP) is 2.59. The van der Waals surface area contributed by atoms with Crippen LogP contribution < -0.4 is 5.32 Å². The van der Waals surface area contributed by atoms with E-state index in [2.05, 4.69) is 5.32 Å². The maximum Gasteiger partial charge on any atom is 0.408 e. The maximum absolute atomic E-state index is 11.6. The van der Waals surface area contributed by atoms with Gasteiger partial charge in [-0.1, -0.05) is 42.5 Å². The van der Waals surface area contributed by atoms with Gasteiger partial charge in [0.2, 0.25) is 0 Å². The number of hydrogen-bond acceptors (Lipinski definition) is 3. The van der Waals surface area contributed by atoms with Gasteiger partial charge in [0.1, 0.15) is 5.60 Å². The Morgan fingerprint density at radius 3 is 2.53 bits per heavy atom. The predicted molar refractivity (Wildman–Crippen MR) is 75.7 cm³/mol. The third-order valence-electron chi connectivity index (χ3n) is 2.22. The average Bonchev–Trinajstić information content (AvgIpc) is 2.33. The minimum Gasteiger partial charge on any atom is -0.444 e. The lowest BCUT2D eigenvalue weighted by Gasteiger charge is -2.21. The van der Waals surface area contributed by atoms with Crippen molar-refractivity contribution in [2.45, 2.75) is 32.4 Å². The third-order valence-corrected chi connectivity index (χ3v) is 2.22. The fourth-order valence-corrected chi connectivity index (χ4v) is 1.40. The maximum atomic E-state index is 11.6. The molecule has 0 fully saturated rings. The highest BCUT2D eigenvalue weighted by Gasteiger charge is 2.17. The molecule has 0 unspecified atom stereocenters. The van der Waals surface area contributed by atoms with Crippen LogP contribution in [0.5, 0.6) is 0 Å². The van der Waals surface area contributed by atoms with Crippen molar-refractivity contribution >= 4 is 12.2 Å². The Labute approximate surface area is 114 Å². The summed E-state index contributed by atoms with van der Waals surface area (Å²) in [7, 11) is 0. The van der Waals surface area contributed by atoms with E-state index < -0.39 is 17.7 Å². The number of aliphatic hydroxyl groups is 1.